The van der Waals surface area contributed by atoms with Crippen LogP contribution in [0.1, 0.15) is 11.4 Å². The van der Waals surface area contributed by atoms with E-state index in [4.69, 9.17) is 12.2 Å². The second-order valence-corrected chi connectivity index (χ2v) is 5.41. The van der Waals surface area contributed by atoms with Crippen molar-refractivity contribution in [2.75, 3.05) is 17.2 Å². The minimum Gasteiger partial charge on any atom is -0.353 e. The number of nitrogens with zero attached hydrogens (tertiary/aromatic N) is 2. The first-order valence-electron chi connectivity index (χ1n) is 6.98. The number of aromatic nitrogens is 2. The summed E-state index contributed by atoms with van der Waals surface area (Å²) in [5, 5.41) is 12.6. The first-order chi connectivity index (χ1) is 10.9. The maximum atomic E-state index is 13.5. The lowest BCUT2D eigenvalue weighted by Crippen LogP contribution is -2.35. The third-order valence-electron chi connectivity index (χ3n) is 3.30. The fourth-order valence-electron chi connectivity index (χ4n) is 2.03. The summed E-state index contributed by atoms with van der Waals surface area (Å²) < 4.78 is 15.2. The van der Waals surface area contributed by atoms with Gasteiger partial charge in [0.05, 0.1) is 29.3 Å². The van der Waals surface area contributed by atoms with Gasteiger partial charge in [0.2, 0.25) is 5.91 Å². The molecule has 1 heterocycles. The summed E-state index contributed by atoms with van der Waals surface area (Å²) in [6, 6.07) is 6.16. The molecule has 3 N–H and O–H groups in total. The largest absolute Gasteiger partial charge is 0.353 e. The zero-order chi connectivity index (χ0) is 17.0. The molecule has 0 saturated heterocycles. The highest BCUT2D eigenvalue weighted by Crippen LogP contribution is 2.17. The molecule has 0 bridgehead atoms. The van der Waals surface area contributed by atoms with Gasteiger partial charge in [-0.15, -0.1) is 0 Å². The van der Waals surface area contributed by atoms with Crippen molar-refractivity contribution < 1.29 is 9.18 Å². The Bertz CT molecular complexity index is 743. The molecule has 2 rings (SSSR count). The number of carbonyl (C=O) groups is 1. The number of hydrogen-bond donors (Lipinski definition) is 3. The second-order valence-electron chi connectivity index (χ2n) is 5.01. The molecule has 0 fully saturated rings. The predicted octanol–water partition coefficient (Wildman–Crippen LogP) is 2.10. The van der Waals surface area contributed by atoms with Gasteiger partial charge in [-0.2, -0.15) is 5.10 Å². The number of thiocarbonyl (C=S) groups is 1. The smallest absolute Gasteiger partial charge is 0.243 e. The van der Waals surface area contributed by atoms with Crippen molar-refractivity contribution in [3.05, 3.63) is 41.5 Å². The van der Waals surface area contributed by atoms with E-state index in [9.17, 15) is 9.18 Å². The van der Waals surface area contributed by atoms with E-state index >= 15 is 0 Å². The van der Waals surface area contributed by atoms with Crippen molar-refractivity contribution in [2.24, 2.45) is 7.05 Å². The van der Waals surface area contributed by atoms with Crippen LogP contribution in [0.25, 0.3) is 0 Å². The Morgan fingerprint density at radius 2 is 2.00 bits per heavy atom. The summed E-state index contributed by atoms with van der Waals surface area (Å²) in [7, 11) is 1.81. The monoisotopic (exact) mass is 335 g/mol. The summed E-state index contributed by atoms with van der Waals surface area (Å²) in [6.45, 7) is 3.65. The van der Waals surface area contributed by atoms with Gasteiger partial charge in [-0.3, -0.25) is 9.48 Å². The van der Waals surface area contributed by atoms with Crippen LogP contribution in [0.5, 0.6) is 0 Å². The van der Waals surface area contributed by atoms with Crippen LogP contribution >= 0.6 is 12.2 Å². The van der Waals surface area contributed by atoms with Gasteiger partial charge >= 0.3 is 0 Å². The fraction of sp³-hybridized carbons (Fsp3) is 0.267. The van der Waals surface area contributed by atoms with Crippen molar-refractivity contribution in [1.29, 1.82) is 0 Å². The predicted molar refractivity (Wildman–Crippen MR) is 91.9 cm³/mol. The lowest BCUT2D eigenvalue weighted by atomic mass is 10.3. The van der Waals surface area contributed by atoms with Crippen molar-refractivity contribution in [3.63, 3.8) is 0 Å². The Balaban J connectivity index is 1.87. The second kappa shape index (κ2) is 7.19. The van der Waals surface area contributed by atoms with E-state index in [0.29, 0.717) is 5.69 Å². The molecule has 0 aliphatic rings. The Morgan fingerprint density at radius 1 is 1.30 bits per heavy atom. The van der Waals surface area contributed by atoms with Crippen molar-refractivity contribution in [2.45, 2.75) is 13.8 Å². The molecule has 23 heavy (non-hydrogen) atoms. The summed E-state index contributed by atoms with van der Waals surface area (Å²) in [6.07, 6.45) is 0. The maximum Gasteiger partial charge on any atom is 0.243 e. The highest BCUT2D eigenvalue weighted by atomic mass is 32.1. The fourth-order valence-corrected chi connectivity index (χ4v) is 2.21. The number of halogens is 1. The molecule has 0 atom stereocenters. The molecule has 1 amide bonds. The van der Waals surface area contributed by atoms with E-state index < -0.39 is 5.82 Å². The summed E-state index contributed by atoms with van der Waals surface area (Å²) in [4.78, 5) is 12.0. The van der Waals surface area contributed by atoms with Gasteiger partial charge in [0.1, 0.15) is 5.82 Å². The Morgan fingerprint density at radius 3 is 2.61 bits per heavy atom. The van der Waals surface area contributed by atoms with Gasteiger partial charge in [-0.25, -0.2) is 4.39 Å². The summed E-state index contributed by atoms with van der Waals surface area (Å²) in [5.74, 6) is -0.676. The molecule has 0 unspecified atom stereocenters. The summed E-state index contributed by atoms with van der Waals surface area (Å²) in [5.41, 5.74) is 2.55. The molecular weight excluding hydrogens is 317 g/mol. The van der Waals surface area contributed by atoms with E-state index in [1.54, 1.807) is 22.9 Å². The Labute approximate surface area is 139 Å². The molecule has 122 valence electrons. The zero-order valence-electron chi connectivity index (χ0n) is 13.1. The maximum absolute atomic E-state index is 13.5. The minimum absolute atomic E-state index is 0.0337. The number of anilines is 2. The van der Waals surface area contributed by atoms with Crippen molar-refractivity contribution >= 4 is 34.6 Å². The topological polar surface area (TPSA) is 71.0 Å². The van der Waals surface area contributed by atoms with Crippen LogP contribution in [0.15, 0.2) is 24.3 Å². The van der Waals surface area contributed by atoms with E-state index in [1.807, 2.05) is 20.9 Å². The molecule has 0 aliphatic heterocycles. The van der Waals surface area contributed by atoms with Gasteiger partial charge in [-0.1, -0.05) is 12.1 Å². The molecule has 1 aromatic heterocycles. The minimum atomic E-state index is -0.414. The SMILES string of the molecule is Cc1nn(C)c(C)c1NC(=O)CNC(=S)Nc1ccccc1F. The molecule has 8 heteroatoms. The lowest BCUT2D eigenvalue weighted by Gasteiger charge is -2.11. The Hall–Kier alpha value is -2.48. The number of rotatable bonds is 4. The summed E-state index contributed by atoms with van der Waals surface area (Å²) >= 11 is 5.05. The van der Waals surface area contributed by atoms with E-state index in [-0.39, 0.29) is 23.3 Å². The van der Waals surface area contributed by atoms with Crippen LogP contribution < -0.4 is 16.0 Å². The third kappa shape index (κ3) is 4.26. The number of nitrogens with one attached hydrogen (secondary N) is 3. The van der Waals surface area contributed by atoms with E-state index in [1.165, 1.54) is 6.07 Å². The van der Waals surface area contributed by atoms with Gasteiger partial charge in [-0.05, 0) is 38.2 Å². The van der Waals surface area contributed by atoms with Crippen molar-refractivity contribution in [1.82, 2.24) is 15.1 Å². The highest BCUT2D eigenvalue weighted by molar-refractivity contribution is 7.80. The van der Waals surface area contributed by atoms with Gasteiger partial charge in [0.15, 0.2) is 5.11 Å². The normalized spacial score (nSPS) is 10.3. The molecular formula is C15H18FN5OS. The first kappa shape index (κ1) is 16.9. The number of benzene rings is 1. The molecule has 0 radical (unpaired) electrons. The molecule has 0 aliphatic carbocycles. The first-order valence-corrected chi connectivity index (χ1v) is 7.38. The molecule has 6 nitrogen and oxygen atoms in total. The van der Waals surface area contributed by atoms with Crippen LogP contribution in [0.2, 0.25) is 0 Å². The Kier molecular flexibility index (Phi) is 5.28. The van der Waals surface area contributed by atoms with E-state index in [2.05, 4.69) is 21.0 Å². The van der Waals surface area contributed by atoms with Crippen LogP contribution in [0.3, 0.4) is 0 Å². The average Bonchev–Trinajstić information content (AvgIpc) is 2.74. The number of amides is 1. The quantitative estimate of drug-likeness (QED) is 0.747. The molecule has 1 aromatic carbocycles. The van der Waals surface area contributed by atoms with Crippen LogP contribution in [0.4, 0.5) is 15.8 Å². The molecule has 2 aromatic rings. The van der Waals surface area contributed by atoms with Gasteiger partial charge in [0.25, 0.3) is 0 Å². The lowest BCUT2D eigenvalue weighted by molar-refractivity contribution is -0.115. The standard InChI is InChI=1S/C15H18FN5OS/c1-9-14(10(2)21(3)20-9)19-13(22)8-17-15(23)18-12-7-5-4-6-11(12)16/h4-7H,8H2,1-3H3,(H,19,22)(H2,17,18,23). The molecule has 0 saturated carbocycles. The average molecular weight is 335 g/mol. The number of para-hydroxylation sites is 1. The number of aryl methyl sites for hydroxylation is 2. The van der Waals surface area contributed by atoms with Gasteiger partial charge in [0, 0.05) is 7.05 Å². The van der Waals surface area contributed by atoms with Crippen molar-refractivity contribution in [3.8, 4) is 0 Å². The van der Waals surface area contributed by atoms with Crippen LogP contribution in [0, 0.1) is 19.7 Å². The molecule has 0 spiro atoms. The zero-order valence-corrected chi connectivity index (χ0v) is 13.9. The number of hydrogen-bond acceptors (Lipinski definition) is 3. The number of carbonyl (C=O) groups excluding carboxylic acids is 1. The third-order valence-corrected chi connectivity index (χ3v) is 3.55. The highest BCUT2D eigenvalue weighted by Gasteiger charge is 2.12. The van der Waals surface area contributed by atoms with Crippen LogP contribution in [-0.2, 0) is 11.8 Å². The van der Waals surface area contributed by atoms with Gasteiger partial charge < -0.3 is 16.0 Å². The van der Waals surface area contributed by atoms with E-state index in [0.717, 1.165) is 11.4 Å². The van der Waals surface area contributed by atoms with Crippen LogP contribution in [-0.4, -0.2) is 27.3 Å².